The summed E-state index contributed by atoms with van der Waals surface area (Å²) < 4.78 is 47.9. The monoisotopic (exact) mass is 316 g/mol. The van der Waals surface area contributed by atoms with Gasteiger partial charge in [-0.05, 0) is 17.7 Å². The van der Waals surface area contributed by atoms with Crippen LogP contribution in [-0.4, -0.2) is 26.8 Å². The number of anilines is 1. The molecule has 0 amide bonds. The molecule has 0 unspecified atom stereocenters. The summed E-state index contributed by atoms with van der Waals surface area (Å²) in [6.07, 6.45) is 2.43. The first-order valence-electron chi connectivity index (χ1n) is 5.37. The lowest BCUT2D eigenvalue weighted by Gasteiger charge is -2.07. The smallest absolute Gasteiger partial charge is 0.278 e. The molecule has 0 bridgehead atoms. The highest BCUT2D eigenvalue weighted by Crippen LogP contribution is 2.15. The molecule has 1 aromatic carbocycles. The highest BCUT2D eigenvalue weighted by atomic mass is 32.2. The van der Waals surface area contributed by atoms with E-state index < -0.39 is 20.0 Å². The molecule has 2 rings (SSSR count). The van der Waals surface area contributed by atoms with Crippen molar-refractivity contribution in [3.8, 4) is 0 Å². The summed E-state index contributed by atoms with van der Waals surface area (Å²) in [5.74, 6) is -0.305. The van der Waals surface area contributed by atoms with Gasteiger partial charge in [-0.3, -0.25) is 4.72 Å². The highest BCUT2D eigenvalue weighted by molar-refractivity contribution is 7.92. The maximum atomic E-state index is 11.9. The average molecular weight is 316 g/mol. The molecule has 8 nitrogen and oxygen atoms in total. The molecule has 0 radical (unpaired) electrons. The molecule has 0 aliphatic carbocycles. The number of hydrogen-bond acceptors (Lipinski definition) is 5. The zero-order chi connectivity index (χ0) is 14.8. The highest BCUT2D eigenvalue weighted by Gasteiger charge is 2.15. The first-order chi connectivity index (χ1) is 9.26. The van der Waals surface area contributed by atoms with Gasteiger partial charge >= 0.3 is 0 Å². The van der Waals surface area contributed by atoms with E-state index in [0.29, 0.717) is 11.3 Å². The second-order valence-corrected chi connectivity index (χ2v) is 7.29. The first kappa shape index (κ1) is 14.5. The predicted octanol–water partition coefficient (Wildman–Crippen LogP) is -0.00100. The first-order valence-corrected chi connectivity index (χ1v) is 8.57. The van der Waals surface area contributed by atoms with Crippen LogP contribution in [0.2, 0.25) is 0 Å². The van der Waals surface area contributed by atoms with Crippen LogP contribution < -0.4 is 9.86 Å². The van der Waals surface area contributed by atoms with Crippen molar-refractivity contribution in [1.82, 2.24) is 9.97 Å². The van der Waals surface area contributed by atoms with Crippen LogP contribution in [0.25, 0.3) is 0 Å². The lowest BCUT2D eigenvalue weighted by Crippen LogP contribution is -2.15. The Morgan fingerprint density at radius 1 is 1.15 bits per heavy atom. The Labute approximate surface area is 116 Å². The lowest BCUT2D eigenvalue weighted by molar-refractivity contribution is 0.595. The third-order valence-electron chi connectivity index (χ3n) is 2.34. The Bertz CT molecular complexity index is 780. The summed E-state index contributed by atoms with van der Waals surface area (Å²) in [5, 5.41) is 4.86. The second-order valence-electron chi connectivity index (χ2n) is 4.03. The van der Waals surface area contributed by atoms with E-state index in [4.69, 9.17) is 5.14 Å². The van der Waals surface area contributed by atoms with Gasteiger partial charge in [-0.2, -0.15) is 8.42 Å². The zero-order valence-electron chi connectivity index (χ0n) is 10.1. The van der Waals surface area contributed by atoms with Crippen molar-refractivity contribution in [2.75, 3.05) is 4.72 Å². The van der Waals surface area contributed by atoms with E-state index in [1.807, 2.05) is 0 Å². The molecule has 0 saturated carbocycles. The third kappa shape index (κ3) is 3.79. The topological polar surface area (TPSA) is 135 Å². The molecule has 0 spiro atoms. The predicted molar refractivity (Wildman–Crippen MR) is 72.6 cm³/mol. The molecule has 1 heterocycles. The molecular weight excluding hydrogens is 304 g/mol. The van der Waals surface area contributed by atoms with Crippen molar-refractivity contribution < 1.29 is 16.8 Å². The number of sulfonamides is 2. The molecule has 0 fully saturated rings. The van der Waals surface area contributed by atoms with Crippen LogP contribution in [0.1, 0.15) is 5.56 Å². The van der Waals surface area contributed by atoms with Gasteiger partial charge < -0.3 is 4.98 Å². The van der Waals surface area contributed by atoms with E-state index in [-0.39, 0.29) is 10.8 Å². The van der Waals surface area contributed by atoms with Crippen molar-refractivity contribution in [2.24, 2.45) is 5.14 Å². The van der Waals surface area contributed by atoms with Gasteiger partial charge in [-0.25, -0.2) is 18.5 Å². The van der Waals surface area contributed by atoms with Gasteiger partial charge in [0.25, 0.3) is 10.0 Å². The van der Waals surface area contributed by atoms with Crippen molar-refractivity contribution in [3.05, 3.63) is 42.4 Å². The van der Waals surface area contributed by atoms with Gasteiger partial charge in [-0.15, -0.1) is 0 Å². The van der Waals surface area contributed by atoms with Crippen LogP contribution in [0.5, 0.6) is 0 Å². The van der Waals surface area contributed by atoms with Crippen molar-refractivity contribution in [1.29, 1.82) is 0 Å². The number of aromatic amines is 1. The van der Waals surface area contributed by atoms with E-state index in [1.165, 1.54) is 36.8 Å². The summed E-state index contributed by atoms with van der Waals surface area (Å²) in [5.41, 5.74) is 0.773. The number of benzene rings is 1. The Morgan fingerprint density at radius 3 is 2.30 bits per heavy atom. The van der Waals surface area contributed by atoms with Crippen LogP contribution in [0.3, 0.4) is 0 Å². The number of imidazole rings is 1. The fraction of sp³-hybridized carbons (Fsp3) is 0.100. The van der Waals surface area contributed by atoms with Crippen LogP contribution in [0.4, 0.5) is 5.69 Å². The lowest BCUT2D eigenvalue weighted by atomic mass is 10.2. The molecule has 2 aromatic rings. The SMILES string of the molecule is NS(=O)(=O)Cc1ccc(NS(=O)(=O)c2cnc[nH]2)cc1. The maximum Gasteiger partial charge on any atom is 0.278 e. The average Bonchev–Trinajstić information content (AvgIpc) is 2.84. The molecule has 1 aromatic heterocycles. The summed E-state index contributed by atoms with van der Waals surface area (Å²) in [4.78, 5) is 6.11. The minimum absolute atomic E-state index is 0.0638. The molecule has 10 heteroatoms. The number of rotatable bonds is 5. The Kier molecular flexibility index (Phi) is 3.79. The number of nitrogens with one attached hydrogen (secondary N) is 2. The molecule has 0 atom stereocenters. The standard InChI is InChI=1S/C10H12N4O4S2/c11-19(15,16)6-8-1-3-9(4-2-8)14-20(17,18)10-5-12-7-13-10/h1-5,7,14H,6H2,(H,12,13)(H2,11,15,16). The van der Waals surface area contributed by atoms with E-state index in [9.17, 15) is 16.8 Å². The van der Waals surface area contributed by atoms with Gasteiger partial charge in [0.15, 0.2) is 5.03 Å². The molecule has 4 N–H and O–H groups in total. The fourth-order valence-corrected chi connectivity index (χ4v) is 3.12. The van der Waals surface area contributed by atoms with Gasteiger partial charge in [0.1, 0.15) is 0 Å². The molecule has 0 saturated heterocycles. The van der Waals surface area contributed by atoms with E-state index in [1.54, 1.807) is 0 Å². The van der Waals surface area contributed by atoms with E-state index >= 15 is 0 Å². The fourth-order valence-electron chi connectivity index (χ4n) is 1.50. The van der Waals surface area contributed by atoms with Gasteiger partial charge in [0.2, 0.25) is 10.0 Å². The number of H-pyrrole nitrogens is 1. The van der Waals surface area contributed by atoms with Crippen molar-refractivity contribution in [2.45, 2.75) is 10.8 Å². The molecule has 0 aliphatic rings. The number of nitrogens with zero attached hydrogens (tertiary/aromatic N) is 1. The third-order valence-corrected chi connectivity index (χ3v) is 4.38. The van der Waals surface area contributed by atoms with Crippen LogP contribution in [0, 0.1) is 0 Å². The number of primary sulfonamides is 1. The summed E-state index contributed by atoms with van der Waals surface area (Å²) in [6, 6.07) is 5.87. The molecular formula is C10H12N4O4S2. The minimum Gasteiger partial charge on any atom is -0.334 e. The van der Waals surface area contributed by atoms with Crippen molar-refractivity contribution >= 4 is 25.7 Å². The van der Waals surface area contributed by atoms with Gasteiger partial charge in [0, 0.05) is 5.69 Å². The minimum atomic E-state index is -3.73. The van der Waals surface area contributed by atoms with Crippen LogP contribution in [-0.2, 0) is 25.8 Å². The van der Waals surface area contributed by atoms with Crippen LogP contribution in [0.15, 0.2) is 41.8 Å². The summed E-state index contributed by atoms with van der Waals surface area (Å²) in [7, 11) is -7.34. The van der Waals surface area contributed by atoms with Crippen LogP contribution >= 0.6 is 0 Å². The Balaban J connectivity index is 2.16. The van der Waals surface area contributed by atoms with E-state index in [0.717, 1.165) is 0 Å². The zero-order valence-corrected chi connectivity index (χ0v) is 11.8. The normalized spacial score (nSPS) is 12.2. The van der Waals surface area contributed by atoms with Gasteiger partial charge in [0.05, 0.1) is 18.3 Å². The number of nitrogens with two attached hydrogens (primary N) is 1. The molecule has 108 valence electrons. The quantitative estimate of drug-likeness (QED) is 0.713. The number of aromatic nitrogens is 2. The summed E-state index contributed by atoms with van der Waals surface area (Å²) in [6.45, 7) is 0. The Hall–Kier alpha value is -1.91. The summed E-state index contributed by atoms with van der Waals surface area (Å²) >= 11 is 0. The molecule has 0 aliphatic heterocycles. The van der Waals surface area contributed by atoms with Crippen molar-refractivity contribution in [3.63, 3.8) is 0 Å². The number of hydrogen-bond donors (Lipinski definition) is 3. The maximum absolute atomic E-state index is 11.9. The molecule has 20 heavy (non-hydrogen) atoms. The second kappa shape index (κ2) is 5.23. The Morgan fingerprint density at radius 2 is 1.80 bits per heavy atom. The largest absolute Gasteiger partial charge is 0.334 e. The van der Waals surface area contributed by atoms with Gasteiger partial charge in [-0.1, -0.05) is 12.1 Å². The van der Waals surface area contributed by atoms with E-state index in [2.05, 4.69) is 14.7 Å².